The smallest absolute Gasteiger partial charge is 0.151 e. The van der Waals surface area contributed by atoms with E-state index in [0.29, 0.717) is 11.2 Å². The lowest BCUT2D eigenvalue weighted by molar-refractivity contribution is 0.349. The van der Waals surface area contributed by atoms with Gasteiger partial charge in [-0.1, -0.05) is 31.4 Å². The van der Waals surface area contributed by atoms with Crippen molar-refractivity contribution in [1.82, 2.24) is 15.3 Å². The topological polar surface area (TPSA) is 40.7 Å². The number of rotatable bonds is 6. The van der Waals surface area contributed by atoms with Gasteiger partial charge in [0, 0.05) is 19.0 Å². The Morgan fingerprint density at radius 1 is 1.37 bits per heavy atom. The van der Waals surface area contributed by atoms with Crippen LogP contribution in [0.15, 0.2) is 0 Å². The van der Waals surface area contributed by atoms with Crippen molar-refractivity contribution < 1.29 is 0 Å². The summed E-state index contributed by atoms with van der Waals surface area (Å²) in [5.41, 5.74) is 1.07. The summed E-state index contributed by atoms with van der Waals surface area (Å²) in [5.74, 6) is 2.93. The Balaban J connectivity index is 1.53. The zero-order valence-electron chi connectivity index (χ0n) is 11.7. The van der Waals surface area contributed by atoms with Crippen LogP contribution in [0, 0.1) is 11.8 Å². The lowest BCUT2D eigenvalue weighted by atomic mass is 9.95. The van der Waals surface area contributed by atoms with Gasteiger partial charge in [0.15, 0.2) is 5.15 Å². The van der Waals surface area contributed by atoms with Crippen LogP contribution >= 0.6 is 11.6 Å². The van der Waals surface area contributed by atoms with E-state index < -0.39 is 0 Å². The fourth-order valence-corrected chi connectivity index (χ4v) is 3.96. The maximum atomic E-state index is 6.21. The Hall–Kier alpha value is -0.540. The van der Waals surface area contributed by atoms with Crippen LogP contribution in [0.4, 0.5) is 0 Å². The minimum Gasteiger partial charge on any atom is -0.344 e. The number of unbranched alkanes of at least 4 members (excludes halogenated alkanes) is 1. The van der Waals surface area contributed by atoms with Crippen LogP contribution < -0.4 is 5.32 Å². The molecule has 106 valence electrons. The highest BCUT2D eigenvalue weighted by atomic mass is 35.5. The monoisotopic (exact) mass is 281 g/mol. The van der Waals surface area contributed by atoms with E-state index >= 15 is 0 Å². The maximum absolute atomic E-state index is 6.21. The quantitative estimate of drug-likeness (QED) is 0.835. The largest absolute Gasteiger partial charge is 0.344 e. The minimum atomic E-state index is 0.654. The number of halogens is 1. The summed E-state index contributed by atoms with van der Waals surface area (Å²) in [6, 6.07) is 0.706. The molecule has 2 fully saturated rings. The predicted molar refractivity (Wildman–Crippen MR) is 78.3 cm³/mol. The average molecular weight is 282 g/mol. The van der Waals surface area contributed by atoms with Crippen LogP contribution in [0.3, 0.4) is 0 Å². The number of hydrogen-bond acceptors (Lipinski definition) is 2. The third-order valence-electron chi connectivity index (χ3n) is 4.82. The van der Waals surface area contributed by atoms with Gasteiger partial charge in [-0.2, -0.15) is 0 Å². The van der Waals surface area contributed by atoms with Crippen molar-refractivity contribution in [2.24, 2.45) is 11.8 Å². The summed E-state index contributed by atoms with van der Waals surface area (Å²) in [6.45, 7) is 3.04. The Labute approximate surface area is 120 Å². The van der Waals surface area contributed by atoms with Crippen molar-refractivity contribution in [3.8, 4) is 0 Å². The van der Waals surface area contributed by atoms with E-state index in [4.69, 9.17) is 11.6 Å². The Morgan fingerprint density at radius 2 is 2.26 bits per heavy atom. The van der Waals surface area contributed by atoms with Crippen LogP contribution in [0.5, 0.6) is 0 Å². The first-order chi connectivity index (χ1) is 9.26. The van der Waals surface area contributed by atoms with Crippen molar-refractivity contribution in [1.29, 1.82) is 0 Å². The zero-order chi connectivity index (χ0) is 13.2. The van der Waals surface area contributed by atoms with Gasteiger partial charge >= 0.3 is 0 Å². The lowest BCUT2D eigenvalue weighted by Gasteiger charge is -2.22. The molecule has 2 bridgehead atoms. The molecule has 1 heterocycles. The van der Waals surface area contributed by atoms with Gasteiger partial charge in [-0.15, -0.1) is 0 Å². The summed E-state index contributed by atoms with van der Waals surface area (Å²) in [5, 5.41) is 4.34. The first-order valence-electron chi connectivity index (χ1n) is 7.73. The Morgan fingerprint density at radius 3 is 2.95 bits per heavy atom. The highest BCUT2D eigenvalue weighted by Crippen LogP contribution is 2.44. The number of H-pyrrole nitrogens is 1. The van der Waals surface area contributed by atoms with E-state index in [-0.39, 0.29) is 0 Å². The van der Waals surface area contributed by atoms with Gasteiger partial charge in [-0.25, -0.2) is 4.98 Å². The normalized spacial score (nSPS) is 29.3. The number of nitrogens with one attached hydrogen (secondary N) is 2. The van der Waals surface area contributed by atoms with Gasteiger partial charge in [-0.3, -0.25) is 0 Å². The third kappa shape index (κ3) is 2.97. The van der Waals surface area contributed by atoms with Gasteiger partial charge in [-0.05, 0) is 37.5 Å². The summed E-state index contributed by atoms with van der Waals surface area (Å²) < 4.78 is 0. The number of imidazole rings is 1. The molecule has 0 amide bonds. The van der Waals surface area contributed by atoms with Crippen molar-refractivity contribution >= 4 is 11.6 Å². The van der Waals surface area contributed by atoms with E-state index in [9.17, 15) is 0 Å². The van der Waals surface area contributed by atoms with Crippen molar-refractivity contribution in [2.75, 3.05) is 0 Å². The molecule has 3 rings (SSSR count). The number of nitrogens with zero attached hydrogens (tertiary/aromatic N) is 1. The van der Waals surface area contributed by atoms with Crippen LogP contribution in [-0.2, 0) is 13.0 Å². The maximum Gasteiger partial charge on any atom is 0.151 e. The molecule has 1 aromatic rings. The molecule has 0 aromatic carbocycles. The molecular weight excluding hydrogens is 258 g/mol. The standard InChI is InChI=1S/C15H24ClN3/c1-2-3-4-14-18-13(15(16)19-14)9-17-12-8-10-5-6-11(12)7-10/h10-12,17H,2-9H2,1H3,(H,18,19). The van der Waals surface area contributed by atoms with E-state index in [1.165, 1.54) is 38.5 Å². The molecule has 0 radical (unpaired) electrons. The Kier molecular flexibility index (Phi) is 4.13. The number of aromatic amines is 1. The van der Waals surface area contributed by atoms with Gasteiger partial charge in [0.05, 0.1) is 5.69 Å². The second-order valence-corrected chi connectivity index (χ2v) is 6.58. The molecule has 0 spiro atoms. The van der Waals surface area contributed by atoms with Gasteiger partial charge in [0.2, 0.25) is 0 Å². The molecule has 19 heavy (non-hydrogen) atoms. The highest BCUT2D eigenvalue weighted by molar-refractivity contribution is 6.30. The Bertz CT molecular complexity index is 429. The summed E-state index contributed by atoms with van der Waals surface area (Å²) in [4.78, 5) is 7.79. The van der Waals surface area contributed by atoms with Gasteiger partial charge in [0.25, 0.3) is 0 Å². The van der Waals surface area contributed by atoms with Crippen molar-refractivity contribution in [3.05, 3.63) is 16.7 Å². The SMILES string of the molecule is CCCCc1nc(Cl)c(CNC2CC3CCC2C3)[nH]1. The molecule has 2 aliphatic carbocycles. The predicted octanol–water partition coefficient (Wildman–Crippen LogP) is 3.68. The number of hydrogen-bond donors (Lipinski definition) is 2. The highest BCUT2D eigenvalue weighted by Gasteiger charge is 2.39. The molecule has 3 unspecified atom stereocenters. The van der Waals surface area contributed by atoms with Crippen molar-refractivity contribution in [3.63, 3.8) is 0 Å². The summed E-state index contributed by atoms with van der Waals surface area (Å²) in [6.07, 6.45) is 9.04. The van der Waals surface area contributed by atoms with E-state index in [1.807, 2.05) is 0 Å². The first-order valence-corrected chi connectivity index (χ1v) is 8.10. The molecule has 2 aliphatic rings. The molecule has 0 saturated heterocycles. The fraction of sp³-hybridized carbons (Fsp3) is 0.800. The van der Waals surface area contributed by atoms with Crippen LogP contribution in [0.1, 0.15) is 57.0 Å². The molecule has 0 aliphatic heterocycles. The molecule has 2 saturated carbocycles. The number of aromatic nitrogens is 2. The molecule has 4 heteroatoms. The lowest BCUT2D eigenvalue weighted by Crippen LogP contribution is -2.33. The third-order valence-corrected chi connectivity index (χ3v) is 5.14. The van der Waals surface area contributed by atoms with Gasteiger partial charge in [0.1, 0.15) is 5.82 Å². The van der Waals surface area contributed by atoms with E-state index in [1.54, 1.807) is 0 Å². The molecule has 3 atom stereocenters. The van der Waals surface area contributed by atoms with Crippen molar-refractivity contribution in [2.45, 2.75) is 64.5 Å². The summed E-state index contributed by atoms with van der Waals surface area (Å²) in [7, 11) is 0. The molecule has 3 nitrogen and oxygen atoms in total. The number of aryl methyl sites for hydroxylation is 1. The number of fused-ring (bicyclic) bond motifs is 2. The van der Waals surface area contributed by atoms with Gasteiger partial charge < -0.3 is 10.3 Å². The molecule has 2 N–H and O–H groups in total. The summed E-state index contributed by atoms with van der Waals surface area (Å²) >= 11 is 6.21. The zero-order valence-corrected chi connectivity index (χ0v) is 12.5. The van der Waals surface area contributed by atoms with Crippen LogP contribution in [0.2, 0.25) is 5.15 Å². The second kappa shape index (κ2) is 5.84. The van der Waals surface area contributed by atoms with Crippen LogP contribution in [0.25, 0.3) is 0 Å². The molecular formula is C15H24ClN3. The minimum absolute atomic E-state index is 0.654. The molecule has 1 aromatic heterocycles. The first kappa shape index (κ1) is 13.4. The van der Waals surface area contributed by atoms with Crippen LogP contribution in [-0.4, -0.2) is 16.0 Å². The second-order valence-electron chi connectivity index (χ2n) is 6.22. The van der Waals surface area contributed by atoms with E-state index in [2.05, 4.69) is 22.2 Å². The fourth-order valence-electron chi connectivity index (χ4n) is 3.75. The van der Waals surface area contributed by atoms with E-state index in [0.717, 1.165) is 36.3 Å². The average Bonchev–Trinajstić information content (AvgIpc) is 3.09.